The summed E-state index contributed by atoms with van der Waals surface area (Å²) in [6.07, 6.45) is 0. The number of hydrogen-bond donors (Lipinski definition) is 0. The molecule has 17 aromatic carbocycles. The van der Waals surface area contributed by atoms with Crippen LogP contribution in [0.1, 0.15) is 222 Å². The van der Waals surface area contributed by atoms with Gasteiger partial charge >= 0.3 is 0 Å². The van der Waals surface area contributed by atoms with Crippen molar-refractivity contribution in [1.82, 2.24) is 13.7 Å². The highest BCUT2D eigenvalue weighted by Gasteiger charge is 2.35. The zero-order valence-corrected chi connectivity index (χ0v) is 87.2. The van der Waals surface area contributed by atoms with E-state index in [1.807, 2.05) is 91.0 Å². The number of hydrogen-bond acceptors (Lipinski definition) is 4. The van der Waals surface area contributed by atoms with Crippen molar-refractivity contribution in [2.24, 2.45) is 0 Å². The van der Waals surface area contributed by atoms with E-state index in [1.54, 1.807) is 6.92 Å². The minimum absolute atomic E-state index is 0.0307. The molecule has 0 aliphatic carbocycles. The SMILES string of the molecule is CC(C)(C)c1c2c(cc3oc4ccccc4c13)oc1ccccc12.CC(C)(C)c1c2oc3ccccc3c2cc2c1oc1ccccc12.CC(C)(C)c1cc(-c2ccc3c(c2C(C)(C)C)c2ccccc2n3-c2ccccc2)cc(C(C)(C)C)c1.CC(C)(C)c1ccc2c(c1C(C)(C)C)c1ccccc1n2-c1ccccc1.[2H]c1c([2H])c(C)c([2H])c(-c2ccc3c(c2C(C)(C)C)c2ccccc2n3-c2ccccc2)c1[2H]. The number of para-hydroxylation sites is 10. The Balaban J connectivity index is 0.000000112. The number of furan rings is 4. The molecule has 0 saturated carbocycles. The minimum atomic E-state index is -0.297. The highest BCUT2D eigenvalue weighted by atomic mass is 16.4. The molecule has 0 saturated heterocycles. The summed E-state index contributed by atoms with van der Waals surface area (Å²) >= 11 is 0. The quantitative estimate of drug-likeness (QED) is 0.172. The van der Waals surface area contributed by atoms with Crippen LogP contribution in [0.2, 0.25) is 0 Å². The van der Waals surface area contributed by atoms with E-state index in [9.17, 15) is 0 Å². The second-order valence-electron chi connectivity index (χ2n) is 46.9. The molecule has 0 fully saturated rings. The Labute approximate surface area is 842 Å². The van der Waals surface area contributed by atoms with Crippen molar-refractivity contribution in [2.75, 3.05) is 0 Å². The molecule has 0 bridgehead atoms. The maximum absolute atomic E-state index is 8.79. The van der Waals surface area contributed by atoms with Gasteiger partial charge in [-0.1, -0.05) is 414 Å². The molecule has 142 heavy (non-hydrogen) atoms. The Bertz CT molecular complexity index is 8980. The Morgan fingerprint density at radius 2 is 0.535 bits per heavy atom. The fraction of sp³-hybridized carbons (Fsp3) is 0.244. The number of aromatic nitrogens is 3. The van der Waals surface area contributed by atoms with Crippen molar-refractivity contribution in [3.05, 3.63) is 402 Å². The van der Waals surface area contributed by atoms with Gasteiger partial charge in [0.05, 0.1) is 38.6 Å². The summed E-state index contributed by atoms with van der Waals surface area (Å²) in [6.45, 7) is 56.5. The van der Waals surface area contributed by atoms with Gasteiger partial charge in [-0.3, -0.25) is 0 Å². The fourth-order valence-corrected chi connectivity index (χ4v) is 21.9. The molecular weight excluding hydrogens is 1730 g/mol. The number of benzene rings is 17. The third-order valence-corrected chi connectivity index (χ3v) is 28.1. The van der Waals surface area contributed by atoms with Gasteiger partial charge in [0.2, 0.25) is 0 Å². The zero-order chi connectivity index (χ0) is 103. The molecule has 0 atom stereocenters. The summed E-state index contributed by atoms with van der Waals surface area (Å²) in [6, 6.07) is 116. The molecule has 7 heterocycles. The predicted molar refractivity (Wildman–Crippen MR) is 610 cm³/mol. The van der Waals surface area contributed by atoms with Crippen molar-refractivity contribution in [1.29, 1.82) is 0 Å². The molecule has 7 nitrogen and oxygen atoms in total. The molecule has 0 radical (unpaired) electrons. The molecule has 0 unspecified atom stereocenters. The van der Waals surface area contributed by atoms with Gasteiger partial charge in [-0.15, -0.1) is 0 Å². The van der Waals surface area contributed by atoms with Gasteiger partial charge in [0, 0.05) is 104 Å². The molecule has 0 aliphatic heterocycles. The smallest absolute Gasteiger partial charge is 0.142 e. The summed E-state index contributed by atoms with van der Waals surface area (Å²) in [5.41, 5.74) is 32.9. The summed E-state index contributed by atoms with van der Waals surface area (Å²) < 4.78 is 65.9. The summed E-state index contributed by atoms with van der Waals surface area (Å²) in [5, 5.41) is 17.0. The monoisotopic (exact) mass is 1860 g/mol. The van der Waals surface area contributed by atoms with Gasteiger partial charge in [-0.05, 0) is 215 Å². The second-order valence-corrected chi connectivity index (χ2v) is 46.9. The third kappa shape index (κ3) is 17.2. The molecule has 7 heteroatoms. The largest absolute Gasteiger partial charge is 0.456 e. The lowest BCUT2D eigenvalue weighted by Gasteiger charge is -2.31. The van der Waals surface area contributed by atoms with Crippen LogP contribution in [0, 0.1) is 6.92 Å². The molecular formula is C135H133N3O4. The molecule has 7 aromatic heterocycles. The predicted octanol–water partition coefficient (Wildman–Crippen LogP) is 39.3. The van der Waals surface area contributed by atoms with Crippen LogP contribution in [0.4, 0.5) is 0 Å². The standard InChI is InChI=1S/C36H41N.C29H27N.C26H29N.2C22H18O2/c1-34(2,3)25-21-24(22-26(23-25)35(4,5)6)28-19-20-31-32(33(28)36(7,8)9)29-17-13-14-18-30(29)37(31)27-15-11-10-12-16-27;1-20-11-10-12-21(19-20)23-17-18-26-27(28(23)29(2,3)4)24-15-8-9-16-25(24)30(26)22-13-6-5-7-14-22;1-25(2,3)20-16-17-22-23(24(20)26(4,5)6)19-14-10-11-15-21(19)27(22)18-12-8-7-9-13-18;1-22(2,3)19-20-15(13-8-4-6-10-17(13)23-20)12-16-14-9-5-7-11-18(14)24-21(16)19;1-22(2,3)21-19-13-8-4-6-10-15(13)23-17(19)12-18-20(21)14-9-5-7-11-16(14)24-18/h10-23H,1-9H3;5-19H,1-4H3;7-17H,1-6H3;2*4-12H,1-3H3/i;10D,11D,12D,19D;;;. The Hall–Kier alpha value is -14.7. The van der Waals surface area contributed by atoms with Crippen molar-refractivity contribution < 1.29 is 23.2 Å². The van der Waals surface area contributed by atoms with E-state index in [0.29, 0.717) is 11.1 Å². The molecule has 0 amide bonds. The van der Waals surface area contributed by atoms with E-state index in [0.717, 1.165) is 110 Å². The molecule has 0 N–H and O–H groups in total. The number of fused-ring (bicyclic) bond motifs is 21. The van der Waals surface area contributed by atoms with Crippen LogP contribution in [0.3, 0.4) is 0 Å². The van der Waals surface area contributed by atoms with E-state index in [-0.39, 0.29) is 67.5 Å². The van der Waals surface area contributed by atoms with Crippen LogP contribution in [-0.2, 0) is 43.3 Å². The first-order valence-corrected chi connectivity index (χ1v) is 50.3. The van der Waals surface area contributed by atoms with Gasteiger partial charge in [0.25, 0.3) is 0 Å². The highest BCUT2D eigenvalue weighted by molar-refractivity contribution is 6.21. The Kier molecular flexibility index (Phi) is 22.5. The zero-order valence-electron chi connectivity index (χ0n) is 91.2. The first kappa shape index (κ1) is 89.9. The first-order chi connectivity index (χ1) is 69.2. The topological polar surface area (TPSA) is 67.3 Å². The van der Waals surface area contributed by atoms with Crippen molar-refractivity contribution in [2.45, 2.75) is 216 Å². The maximum Gasteiger partial charge on any atom is 0.142 e. The van der Waals surface area contributed by atoms with Crippen LogP contribution in [0.25, 0.3) is 192 Å². The van der Waals surface area contributed by atoms with E-state index in [1.165, 1.54) is 121 Å². The third-order valence-electron chi connectivity index (χ3n) is 28.1. The number of nitrogens with zero attached hydrogens (tertiary/aromatic N) is 3. The van der Waals surface area contributed by atoms with Gasteiger partial charge in [0.1, 0.15) is 44.7 Å². The lowest BCUT2D eigenvalue weighted by molar-refractivity contribution is 0.535. The van der Waals surface area contributed by atoms with Crippen LogP contribution < -0.4 is 0 Å². The van der Waals surface area contributed by atoms with Crippen LogP contribution >= 0.6 is 0 Å². The number of rotatable bonds is 5. The Morgan fingerprint density at radius 3 is 0.894 bits per heavy atom. The van der Waals surface area contributed by atoms with Crippen LogP contribution in [0.5, 0.6) is 0 Å². The average molecular weight is 1870 g/mol. The first-order valence-electron chi connectivity index (χ1n) is 52.3. The molecule has 24 aromatic rings. The summed E-state index contributed by atoms with van der Waals surface area (Å²) in [7, 11) is 0. The molecule has 712 valence electrons. The molecule has 24 rings (SSSR count). The Morgan fingerprint density at radius 1 is 0.218 bits per heavy atom. The van der Waals surface area contributed by atoms with Crippen molar-refractivity contribution in [3.63, 3.8) is 0 Å². The normalized spacial score (nSPS) is 13.1. The van der Waals surface area contributed by atoms with Gasteiger partial charge < -0.3 is 31.4 Å². The summed E-state index contributed by atoms with van der Waals surface area (Å²) in [4.78, 5) is 0. The lowest BCUT2D eigenvalue weighted by atomic mass is 9.73. The minimum Gasteiger partial charge on any atom is -0.456 e. The van der Waals surface area contributed by atoms with E-state index in [2.05, 4.69) is 416 Å². The maximum atomic E-state index is 8.79. The molecule has 0 aliphatic rings. The van der Waals surface area contributed by atoms with Gasteiger partial charge in [0.15, 0.2) is 0 Å². The van der Waals surface area contributed by atoms with Crippen LogP contribution in [-0.4, -0.2) is 13.7 Å². The van der Waals surface area contributed by atoms with Crippen LogP contribution in [0.15, 0.2) is 369 Å². The van der Waals surface area contributed by atoms with Crippen molar-refractivity contribution >= 4 is 153 Å². The molecule has 0 spiro atoms. The lowest BCUT2D eigenvalue weighted by Crippen LogP contribution is -2.22. The van der Waals surface area contributed by atoms with E-state index in [4.69, 9.17) is 23.2 Å². The van der Waals surface area contributed by atoms with E-state index >= 15 is 0 Å². The average Bonchev–Trinajstić information content (AvgIpc) is 1.55. The fourth-order valence-electron chi connectivity index (χ4n) is 21.9. The second kappa shape index (κ2) is 35.5. The summed E-state index contributed by atoms with van der Waals surface area (Å²) in [5.74, 6) is 0. The van der Waals surface area contributed by atoms with Gasteiger partial charge in [-0.25, -0.2) is 0 Å². The van der Waals surface area contributed by atoms with E-state index < -0.39 is 0 Å². The highest BCUT2D eigenvalue weighted by Crippen LogP contribution is 2.52. The van der Waals surface area contributed by atoms with Crippen molar-refractivity contribution in [3.8, 4) is 39.3 Å². The van der Waals surface area contributed by atoms with Gasteiger partial charge in [-0.2, -0.15) is 0 Å².